The summed E-state index contributed by atoms with van der Waals surface area (Å²) in [6.45, 7) is 4.05. The SMILES string of the molecule is CC(C)C[C@@H](C(=O)N1C[C@]2(C[C@H]1C#N)C(=O)Nc1ccccc12)N(C)C(=O)c1cc2ccccc2o1. The summed E-state index contributed by atoms with van der Waals surface area (Å²) in [4.78, 5) is 43.4. The lowest BCUT2D eigenvalue weighted by Crippen LogP contribution is -2.51. The highest BCUT2D eigenvalue weighted by atomic mass is 16.3. The smallest absolute Gasteiger partial charge is 0.290 e. The van der Waals surface area contributed by atoms with Crippen LogP contribution in [-0.2, 0) is 15.0 Å². The van der Waals surface area contributed by atoms with E-state index in [0.29, 0.717) is 17.7 Å². The second-order valence-corrected chi connectivity index (χ2v) is 10.1. The standard InChI is InChI=1S/C28H28N4O4/c1-17(2)12-22(31(3)26(34)24-13-18-8-4-7-11-23(18)36-24)25(33)32-16-28(14-19(32)15-29)20-9-5-6-10-21(20)30-27(28)35/h4-11,13,17,19,22H,12,14,16H2,1-3H3,(H,30,35)/t19-,22-,28-/m0/s1. The van der Waals surface area contributed by atoms with Crippen molar-refractivity contribution in [2.75, 3.05) is 18.9 Å². The second kappa shape index (κ2) is 8.83. The maximum atomic E-state index is 14.0. The number of nitrogens with zero attached hydrogens (tertiary/aromatic N) is 3. The number of nitrogens with one attached hydrogen (secondary N) is 1. The molecule has 1 aromatic heterocycles. The molecular weight excluding hydrogens is 456 g/mol. The zero-order chi connectivity index (χ0) is 25.6. The average Bonchev–Trinajstić information content (AvgIpc) is 3.55. The number of likely N-dealkylation sites (N-methyl/N-ethyl adjacent to an activating group) is 1. The number of carbonyl (C=O) groups is 3. The van der Waals surface area contributed by atoms with Crippen LogP contribution in [0.15, 0.2) is 59.0 Å². The highest BCUT2D eigenvalue weighted by Crippen LogP contribution is 2.46. The Morgan fingerprint density at radius 1 is 1.22 bits per heavy atom. The molecule has 0 bridgehead atoms. The quantitative estimate of drug-likeness (QED) is 0.591. The van der Waals surface area contributed by atoms with E-state index in [2.05, 4.69) is 11.4 Å². The first-order chi connectivity index (χ1) is 17.2. The van der Waals surface area contributed by atoms with E-state index in [1.165, 1.54) is 9.80 Å². The van der Waals surface area contributed by atoms with Crippen LogP contribution in [-0.4, -0.2) is 53.2 Å². The Morgan fingerprint density at radius 2 is 1.94 bits per heavy atom. The number of para-hydroxylation sites is 2. The molecule has 1 spiro atoms. The van der Waals surface area contributed by atoms with E-state index >= 15 is 0 Å². The van der Waals surface area contributed by atoms with Gasteiger partial charge in [-0.1, -0.05) is 50.2 Å². The topological polar surface area (TPSA) is 107 Å². The van der Waals surface area contributed by atoms with Crippen molar-refractivity contribution >= 4 is 34.4 Å². The molecule has 36 heavy (non-hydrogen) atoms. The van der Waals surface area contributed by atoms with Crippen LogP contribution < -0.4 is 5.32 Å². The Kier molecular flexibility index (Phi) is 5.79. The molecule has 184 valence electrons. The Hall–Kier alpha value is -4.12. The third kappa shape index (κ3) is 3.72. The van der Waals surface area contributed by atoms with Gasteiger partial charge in [-0.25, -0.2) is 0 Å². The van der Waals surface area contributed by atoms with Crippen molar-refractivity contribution in [3.63, 3.8) is 0 Å². The summed E-state index contributed by atoms with van der Waals surface area (Å²) in [6.07, 6.45) is 0.624. The molecule has 2 aliphatic rings. The van der Waals surface area contributed by atoms with Gasteiger partial charge in [0.05, 0.1) is 11.5 Å². The van der Waals surface area contributed by atoms with Crippen molar-refractivity contribution in [1.29, 1.82) is 5.26 Å². The van der Waals surface area contributed by atoms with Crippen LogP contribution in [0.4, 0.5) is 5.69 Å². The minimum Gasteiger partial charge on any atom is -0.451 e. The van der Waals surface area contributed by atoms with Crippen LogP contribution in [0.2, 0.25) is 0 Å². The summed E-state index contributed by atoms with van der Waals surface area (Å²) in [7, 11) is 1.59. The number of hydrogen-bond donors (Lipinski definition) is 1. The number of rotatable bonds is 5. The van der Waals surface area contributed by atoms with Crippen LogP contribution in [0.5, 0.6) is 0 Å². The summed E-state index contributed by atoms with van der Waals surface area (Å²) in [5, 5.41) is 13.7. The van der Waals surface area contributed by atoms with E-state index < -0.39 is 23.4 Å². The number of furan rings is 1. The first-order valence-corrected chi connectivity index (χ1v) is 12.1. The van der Waals surface area contributed by atoms with Crippen molar-refractivity contribution in [2.45, 2.75) is 44.2 Å². The lowest BCUT2D eigenvalue weighted by molar-refractivity contribution is -0.136. The molecule has 0 saturated carbocycles. The van der Waals surface area contributed by atoms with Gasteiger partial charge in [0, 0.05) is 31.1 Å². The second-order valence-electron chi connectivity index (χ2n) is 10.1. The molecule has 0 radical (unpaired) electrons. The van der Waals surface area contributed by atoms with Crippen LogP contribution in [0.25, 0.3) is 11.0 Å². The predicted octanol–water partition coefficient (Wildman–Crippen LogP) is 3.93. The largest absolute Gasteiger partial charge is 0.451 e. The molecule has 0 unspecified atom stereocenters. The molecule has 1 saturated heterocycles. The Bertz CT molecular complexity index is 1370. The Balaban J connectivity index is 1.46. The zero-order valence-electron chi connectivity index (χ0n) is 20.5. The van der Waals surface area contributed by atoms with Crippen molar-refractivity contribution < 1.29 is 18.8 Å². The Labute approximate surface area is 209 Å². The molecule has 1 fully saturated rings. The number of benzene rings is 2. The zero-order valence-corrected chi connectivity index (χ0v) is 20.5. The van der Waals surface area contributed by atoms with Crippen molar-refractivity contribution in [1.82, 2.24) is 9.80 Å². The first-order valence-electron chi connectivity index (χ1n) is 12.1. The van der Waals surface area contributed by atoms with Gasteiger partial charge in [-0.3, -0.25) is 14.4 Å². The molecule has 5 rings (SSSR count). The van der Waals surface area contributed by atoms with Gasteiger partial charge in [0.2, 0.25) is 11.8 Å². The molecule has 2 aromatic carbocycles. The summed E-state index contributed by atoms with van der Waals surface area (Å²) in [5.74, 6) is -0.684. The lowest BCUT2D eigenvalue weighted by Gasteiger charge is -2.33. The van der Waals surface area contributed by atoms with E-state index in [1.807, 2.05) is 56.3 Å². The van der Waals surface area contributed by atoms with Gasteiger partial charge in [-0.15, -0.1) is 0 Å². The fourth-order valence-electron chi connectivity index (χ4n) is 5.45. The number of likely N-dealkylation sites (tertiary alicyclic amines) is 1. The molecule has 1 N–H and O–H groups in total. The molecular formula is C28H28N4O4. The lowest BCUT2D eigenvalue weighted by atomic mass is 9.80. The number of fused-ring (bicyclic) bond motifs is 3. The Morgan fingerprint density at radius 3 is 2.67 bits per heavy atom. The molecule has 2 aliphatic heterocycles. The molecule has 3 heterocycles. The van der Waals surface area contributed by atoms with Crippen LogP contribution in [0, 0.1) is 17.2 Å². The predicted molar refractivity (Wildman–Crippen MR) is 134 cm³/mol. The fraction of sp³-hybridized carbons (Fsp3) is 0.357. The monoisotopic (exact) mass is 484 g/mol. The number of hydrogen-bond acceptors (Lipinski definition) is 5. The first kappa shape index (κ1) is 23.6. The van der Waals surface area contributed by atoms with Gasteiger partial charge >= 0.3 is 0 Å². The van der Waals surface area contributed by atoms with E-state index in [-0.39, 0.29) is 36.5 Å². The normalized spacial score (nSPS) is 21.5. The van der Waals surface area contributed by atoms with Gasteiger partial charge in [0.25, 0.3) is 5.91 Å². The summed E-state index contributed by atoms with van der Waals surface area (Å²) in [5.41, 5.74) is 1.14. The summed E-state index contributed by atoms with van der Waals surface area (Å²) >= 11 is 0. The fourth-order valence-corrected chi connectivity index (χ4v) is 5.45. The van der Waals surface area contributed by atoms with Crippen molar-refractivity contribution in [3.05, 3.63) is 65.9 Å². The van der Waals surface area contributed by atoms with Gasteiger partial charge in [0.1, 0.15) is 17.7 Å². The van der Waals surface area contributed by atoms with Gasteiger partial charge in [-0.2, -0.15) is 5.26 Å². The van der Waals surface area contributed by atoms with E-state index in [0.717, 1.165) is 10.9 Å². The number of nitriles is 1. The van der Waals surface area contributed by atoms with Crippen LogP contribution in [0.1, 0.15) is 42.8 Å². The highest BCUT2D eigenvalue weighted by Gasteiger charge is 2.56. The highest BCUT2D eigenvalue weighted by molar-refractivity contribution is 6.07. The van der Waals surface area contributed by atoms with E-state index in [9.17, 15) is 19.6 Å². The van der Waals surface area contributed by atoms with E-state index in [4.69, 9.17) is 4.42 Å². The molecule has 8 nitrogen and oxygen atoms in total. The third-order valence-electron chi connectivity index (χ3n) is 7.32. The number of carbonyl (C=O) groups excluding carboxylic acids is 3. The number of amides is 3. The minimum atomic E-state index is -0.976. The molecule has 0 aliphatic carbocycles. The van der Waals surface area contributed by atoms with E-state index in [1.54, 1.807) is 19.2 Å². The molecule has 3 amide bonds. The molecule has 3 aromatic rings. The van der Waals surface area contributed by atoms with Gasteiger partial charge < -0.3 is 19.5 Å². The minimum absolute atomic E-state index is 0.0914. The van der Waals surface area contributed by atoms with Crippen LogP contribution >= 0.6 is 0 Å². The average molecular weight is 485 g/mol. The molecule has 8 heteroatoms. The maximum absolute atomic E-state index is 14.0. The van der Waals surface area contributed by atoms with Crippen molar-refractivity contribution in [3.8, 4) is 6.07 Å². The maximum Gasteiger partial charge on any atom is 0.290 e. The van der Waals surface area contributed by atoms with Gasteiger partial charge in [-0.05, 0) is 36.1 Å². The summed E-state index contributed by atoms with van der Waals surface area (Å²) in [6, 6.07) is 17.1. The third-order valence-corrected chi connectivity index (χ3v) is 7.32. The summed E-state index contributed by atoms with van der Waals surface area (Å²) < 4.78 is 5.76. The number of anilines is 1. The van der Waals surface area contributed by atoms with Gasteiger partial charge in [0.15, 0.2) is 5.76 Å². The van der Waals surface area contributed by atoms with Crippen molar-refractivity contribution in [2.24, 2.45) is 5.92 Å². The van der Waals surface area contributed by atoms with Crippen LogP contribution in [0.3, 0.4) is 0 Å². The molecule has 3 atom stereocenters.